The number of ether oxygens (including phenoxy) is 1. The molecule has 0 spiro atoms. The van der Waals surface area contributed by atoms with Gasteiger partial charge in [0.05, 0.1) is 13.2 Å². The van der Waals surface area contributed by atoms with Crippen molar-refractivity contribution in [3.63, 3.8) is 0 Å². The molecule has 5 nitrogen and oxygen atoms in total. The van der Waals surface area contributed by atoms with Crippen LogP contribution in [0.25, 0.3) is 0 Å². The largest absolute Gasteiger partial charge is 0.378 e. The van der Waals surface area contributed by atoms with Gasteiger partial charge in [0.25, 0.3) is 0 Å². The summed E-state index contributed by atoms with van der Waals surface area (Å²) >= 11 is 0. The standard InChI is InChI=1S/C8H17N3O2/c9-1-2-11-8(12)5-7-6-13-4-3-10-7/h7,10H,1-6,9H2,(H,11,12). The number of hydrogen-bond donors (Lipinski definition) is 3. The van der Waals surface area contributed by atoms with Crippen molar-refractivity contribution in [2.24, 2.45) is 5.73 Å². The van der Waals surface area contributed by atoms with Crippen molar-refractivity contribution in [1.29, 1.82) is 0 Å². The van der Waals surface area contributed by atoms with Gasteiger partial charge in [-0.2, -0.15) is 0 Å². The highest BCUT2D eigenvalue weighted by Crippen LogP contribution is 1.97. The zero-order chi connectivity index (χ0) is 9.52. The molecule has 0 aromatic carbocycles. The summed E-state index contributed by atoms with van der Waals surface area (Å²) in [7, 11) is 0. The minimum Gasteiger partial charge on any atom is -0.378 e. The molecule has 1 atom stereocenters. The minimum atomic E-state index is 0.0356. The van der Waals surface area contributed by atoms with Crippen LogP contribution in [0.1, 0.15) is 6.42 Å². The second kappa shape index (κ2) is 5.90. The van der Waals surface area contributed by atoms with Crippen LogP contribution in [0.5, 0.6) is 0 Å². The topological polar surface area (TPSA) is 76.4 Å². The normalized spacial score (nSPS) is 22.7. The molecule has 0 radical (unpaired) electrons. The SMILES string of the molecule is NCCNC(=O)CC1COCCN1. The lowest BCUT2D eigenvalue weighted by molar-refractivity contribution is -0.122. The third kappa shape index (κ3) is 4.21. The Bertz CT molecular complexity index is 157. The van der Waals surface area contributed by atoms with E-state index >= 15 is 0 Å². The van der Waals surface area contributed by atoms with E-state index < -0.39 is 0 Å². The van der Waals surface area contributed by atoms with E-state index in [0.29, 0.717) is 26.1 Å². The van der Waals surface area contributed by atoms with Gasteiger partial charge in [-0.25, -0.2) is 0 Å². The Labute approximate surface area is 78.0 Å². The third-order valence-corrected chi connectivity index (χ3v) is 1.90. The molecular weight excluding hydrogens is 170 g/mol. The Morgan fingerprint density at radius 3 is 3.15 bits per heavy atom. The van der Waals surface area contributed by atoms with Gasteiger partial charge in [-0.1, -0.05) is 0 Å². The van der Waals surface area contributed by atoms with Gasteiger partial charge >= 0.3 is 0 Å². The van der Waals surface area contributed by atoms with Gasteiger partial charge < -0.3 is 21.1 Å². The summed E-state index contributed by atoms with van der Waals surface area (Å²) in [5.74, 6) is 0.0356. The molecule has 0 aromatic rings. The number of carbonyl (C=O) groups excluding carboxylic acids is 1. The molecule has 0 saturated carbocycles. The van der Waals surface area contributed by atoms with Gasteiger partial charge in [0.15, 0.2) is 0 Å². The molecule has 76 valence electrons. The molecule has 1 aliphatic heterocycles. The van der Waals surface area contributed by atoms with Crippen molar-refractivity contribution in [3.8, 4) is 0 Å². The van der Waals surface area contributed by atoms with Crippen LogP contribution in [0.3, 0.4) is 0 Å². The van der Waals surface area contributed by atoms with Crippen LogP contribution in [0.4, 0.5) is 0 Å². The molecule has 1 rings (SSSR count). The Hall–Kier alpha value is -0.650. The highest BCUT2D eigenvalue weighted by molar-refractivity contribution is 5.76. The fourth-order valence-electron chi connectivity index (χ4n) is 1.26. The number of amides is 1. The molecular formula is C8H17N3O2. The van der Waals surface area contributed by atoms with Crippen LogP contribution in [-0.2, 0) is 9.53 Å². The summed E-state index contributed by atoms with van der Waals surface area (Å²) < 4.78 is 5.22. The van der Waals surface area contributed by atoms with Gasteiger partial charge in [0, 0.05) is 32.1 Å². The lowest BCUT2D eigenvalue weighted by atomic mass is 10.2. The lowest BCUT2D eigenvalue weighted by Gasteiger charge is -2.23. The minimum absolute atomic E-state index is 0.0356. The Balaban J connectivity index is 2.11. The van der Waals surface area contributed by atoms with Crippen LogP contribution in [0.2, 0.25) is 0 Å². The summed E-state index contributed by atoms with van der Waals surface area (Å²) in [5, 5.41) is 5.93. The number of nitrogens with two attached hydrogens (primary N) is 1. The van der Waals surface area contributed by atoms with E-state index in [1.54, 1.807) is 0 Å². The van der Waals surface area contributed by atoms with Gasteiger partial charge in [-0.3, -0.25) is 4.79 Å². The average Bonchev–Trinajstić information content (AvgIpc) is 2.16. The maximum atomic E-state index is 11.2. The molecule has 4 N–H and O–H groups in total. The predicted molar refractivity (Wildman–Crippen MR) is 49.3 cm³/mol. The summed E-state index contributed by atoms with van der Waals surface area (Å²) in [6.07, 6.45) is 0.472. The van der Waals surface area contributed by atoms with Crippen molar-refractivity contribution in [2.45, 2.75) is 12.5 Å². The molecule has 1 fully saturated rings. The van der Waals surface area contributed by atoms with Crippen LogP contribution in [0.15, 0.2) is 0 Å². The molecule has 1 amide bonds. The van der Waals surface area contributed by atoms with Crippen LogP contribution < -0.4 is 16.4 Å². The van der Waals surface area contributed by atoms with Gasteiger partial charge in [0.2, 0.25) is 5.91 Å². The molecule has 0 aromatic heterocycles. The molecule has 5 heteroatoms. The fraction of sp³-hybridized carbons (Fsp3) is 0.875. The van der Waals surface area contributed by atoms with Crippen molar-refractivity contribution >= 4 is 5.91 Å². The molecule has 13 heavy (non-hydrogen) atoms. The van der Waals surface area contributed by atoms with Gasteiger partial charge in [-0.05, 0) is 0 Å². The smallest absolute Gasteiger partial charge is 0.221 e. The van der Waals surface area contributed by atoms with E-state index in [9.17, 15) is 4.79 Å². The van der Waals surface area contributed by atoms with Crippen LogP contribution in [-0.4, -0.2) is 44.8 Å². The zero-order valence-corrected chi connectivity index (χ0v) is 7.71. The van der Waals surface area contributed by atoms with Gasteiger partial charge in [-0.15, -0.1) is 0 Å². The van der Waals surface area contributed by atoms with Crippen molar-refractivity contribution in [3.05, 3.63) is 0 Å². The van der Waals surface area contributed by atoms with E-state index in [0.717, 1.165) is 13.2 Å². The maximum absolute atomic E-state index is 11.2. The van der Waals surface area contributed by atoms with Crippen molar-refractivity contribution in [2.75, 3.05) is 32.8 Å². The number of hydrogen-bond acceptors (Lipinski definition) is 4. The quantitative estimate of drug-likeness (QED) is 0.497. The highest BCUT2D eigenvalue weighted by Gasteiger charge is 2.15. The molecule has 1 aliphatic rings. The van der Waals surface area contributed by atoms with Crippen LogP contribution >= 0.6 is 0 Å². The lowest BCUT2D eigenvalue weighted by Crippen LogP contribution is -2.44. The first-order valence-corrected chi connectivity index (χ1v) is 4.61. The number of rotatable bonds is 4. The van der Waals surface area contributed by atoms with Crippen molar-refractivity contribution < 1.29 is 9.53 Å². The predicted octanol–water partition coefficient (Wildman–Crippen LogP) is -1.56. The first-order valence-electron chi connectivity index (χ1n) is 4.61. The van der Waals surface area contributed by atoms with Crippen molar-refractivity contribution in [1.82, 2.24) is 10.6 Å². The molecule has 1 unspecified atom stereocenters. The summed E-state index contributed by atoms with van der Waals surface area (Å²) in [5.41, 5.74) is 5.25. The molecule has 0 aliphatic carbocycles. The Morgan fingerprint density at radius 1 is 1.69 bits per heavy atom. The van der Waals surface area contributed by atoms with E-state index in [1.807, 2.05) is 0 Å². The van der Waals surface area contributed by atoms with E-state index in [4.69, 9.17) is 10.5 Å². The second-order valence-electron chi connectivity index (χ2n) is 3.07. The second-order valence-corrected chi connectivity index (χ2v) is 3.07. The summed E-state index contributed by atoms with van der Waals surface area (Å²) in [6, 6.07) is 0.159. The summed E-state index contributed by atoms with van der Waals surface area (Å²) in [4.78, 5) is 11.2. The molecule has 1 saturated heterocycles. The maximum Gasteiger partial charge on any atom is 0.221 e. The number of morpholine rings is 1. The van der Waals surface area contributed by atoms with Crippen LogP contribution in [0, 0.1) is 0 Å². The molecule has 0 bridgehead atoms. The number of carbonyl (C=O) groups is 1. The zero-order valence-electron chi connectivity index (χ0n) is 7.71. The molecule has 1 heterocycles. The Morgan fingerprint density at radius 2 is 2.54 bits per heavy atom. The summed E-state index contributed by atoms with van der Waals surface area (Å²) in [6.45, 7) is 3.22. The monoisotopic (exact) mass is 187 g/mol. The number of nitrogens with one attached hydrogen (secondary N) is 2. The average molecular weight is 187 g/mol. The highest BCUT2D eigenvalue weighted by atomic mass is 16.5. The van der Waals surface area contributed by atoms with E-state index in [-0.39, 0.29) is 11.9 Å². The third-order valence-electron chi connectivity index (χ3n) is 1.90. The van der Waals surface area contributed by atoms with E-state index in [1.165, 1.54) is 0 Å². The first-order chi connectivity index (χ1) is 6.33. The van der Waals surface area contributed by atoms with Gasteiger partial charge in [0.1, 0.15) is 0 Å². The Kier molecular flexibility index (Phi) is 4.74. The fourth-order valence-corrected chi connectivity index (χ4v) is 1.26. The van der Waals surface area contributed by atoms with E-state index in [2.05, 4.69) is 10.6 Å². The first kappa shape index (κ1) is 10.4.